The van der Waals surface area contributed by atoms with Crippen molar-refractivity contribution in [3.05, 3.63) is 70.7 Å². The van der Waals surface area contributed by atoms with Crippen molar-refractivity contribution in [1.29, 1.82) is 0 Å². The average molecular weight is 315 g/mol. The molecule has 0 saturated carbocycles. The Labute approximate surface area is 135 Å². The van der Waals surface area contributed by atoms with Crippen LogP contribution in [0.15, 0.2) is 59.6 Å². The third-order valence-electron chi connectivity index (χ3n) is 4.01. The number of hydrogen-bond acceptors (Lipinski definition) is 3. The molecule has 0 saturated heterocycles. The van der Waals surface area contributed by atoms with Crippen molar-refractivity contribution in [2.24, 2.45) is 4.99 Å². The maximum atomic E-state index is 9.62. The highest BCUT2D eigenvalue weighted by Gasteiger charge is 2.22. The van der Waals surface area contributed by atoms with Crippen LogP contribution in [0.1, 0.15) is 29.5 Å². The minimum atomic E-state index is -0.107. The third-order valence-corrected chi connectivity index (χ3v) is 4.26. The molecule has 0 aromatic heterocycles. The summed E-state index contributed by atoms with van der Waals surface area (Å²) in [5, 5.41) is 13.7. The summed E-state index contributed by atoms with van der Waals surface area (Å²) in [6.45, 7) is 0.825. The van der Waals surface area contributed by atoms with Gasteiger partial charge in [-0.25, -0.2) is 0 Å². The molecular formula is C18H19ClN2O. The van der Waals surface area contributed by atoms with E-state index in [9.17, 15) is 5.11 Å². The van der Waals surface area contributed by atoms with E-state index in [1.54, 1.807) is 0 Å². The van der Waals surface area contributed by atoms with E-state index in [1.165, 1.54) is 5.56 Å². The molecule has 0 fully saturated rings. The molecule has 2 aromatic rings. The molecule has 3 nitrogen and oxygen atoms in total. The van der Waals surface area contributed by atoms with E-state index in [2.05, 4.69) is 22.4 Å². The molecule has 4 heteroatoms. The zero-order valence-electron chi connectivity index (χ0n) is 12.2. The fourth-order valence-corrected chi connectivity index (χ4v) is 2.89. The van der Waals surface area contributed by atoms with Crippen LogP contribution in [0.5, 0.6) is 0 Å². The number of amidine groups is 1. The normalized spacial score (nSPS) is 18.8. The predicted octanol–water partition coefficient (Wildman–Crippen LogP) is 3.55. The summed E-state index contributed by atoms with van der Waals surface area (Å²) >= 11 is 5.93. The number of benzene rings is 2. The number of nitrogens with zero attached hydrogens (tertiary/aromatic N) is 1. The summed E-state index contributed by atoms with van der Waals surface area (Å²) in [7, 11) is 0. The minimum Gasteiger partial charge on any atom is -0.394 e. The topological polar surface area (TPSA) is 44.6 Å². The fraction of sp³-hybridized carbons (Fsp3) is 0.278. The van der Waals surface area contributed by atoms with Crippen LogP contribution in [-0.4, -0.2) is 24.1 Å². The Morgan fingerprint density at radius 2 is 1.86 bits per heavy atom. The van der Waals surface area contributed by atoms with Gasteiger partial charge in [0.25, 0.3) is 0 Å². The van der Waals surface area contributed by atoms with Gasteiger partial charge in [-0.15, -0.1) is 0 Å². The molecule has 22 heavy (non-hydrogen) atoms. The maximum Gasteiger partial charge on any atom is 0.0975 e. The van der Waals surface area contributed by atoms with Gasteiger partial charge in [0.05, 0.1) is 18.5 Å². The number of aliphatic imine (C=N–C) groups is 1. The van der Waals surface area contributed by atoms with Gasteiger partial charge in [-0.1, -0.05) is 54.1 Å². The predicted molar refractivity (Wildman–Crippen MR) is 90.5 cm³/mol. The molecular weight excluding hydrogens is 296 g/mol. The van der Waals surface area contributed by atoms with Crippen LogP contribution in [0.4, 0.5) is 0 Å². The van der Waals surface area contributed by atoms with Crippen LogP contribution in [-0.2, 0) is 0 Å². The molecule has 0 bridgehead atoms. The highest BCUT2D eigenvalue weighted by Crippen LogP contribution is 2.27. The number of aliphatic hydroxyl groups excluding tert-OH is 1. The number of hydrogen-bond donors (Lipinski definition) is 2. The fourth-order valence-electron chi connectivity index (χ4n) is 2.77. The summed E-state index contributed by atoms with van der Waals surface area (Å²) in [4.78, 5) is 4.59. The highest BCUT2D eigenvalue weighted by molar-refractivity contribution is 6.30. The Morgan fingerprint density at radius 1 is 1.14 bits per heavy atom. The molecule has 114 valence electrons. The quantitative estimate of drug-likeness (QED) is 0.906. The molecule has 0 unspecified atom stereocenters. The molecule has 0 aliphatic carbocycles. The van der Waals surface area contributed by atoms with Gasteiger partial charge >= 0.3 is 0 Å². The molecule has 0 radical (unpaired) electrons. The van der Waals surface area contributed by atoms with Crippen LogP contribution in [0.3, 0.4) is 0 Å². The van der Waals surface area contributed by atoms with Crippen molar-refractivity contribution in [3.8, 4) is 0 Å². The Hall–Kier alpha value is -1.84. The van der Waals surface area contributed by atoms with Crippen molar-refractivity contribution < 1.29 is 5.11 Å². The first-order valence-electron chi connectivity index (χ1n) is 7.47. The Morgan fingerprint density at radius 3 is 2.55 bits per heavy atom. The molecule has 2 N–H and O–H groups in total. The summed E-state index contributed by atoms with van der Waals surface area (Å²) in [5.41, 5.74) is 2.33. The van der Waals surface area contributed by atoms with Gasteiger partial charge in [0.2, 0.25) is 0 Å². The van der Waals surface area contributed by atoms with Crippen molar-refractivity contribution in [3.63, 3.8) is 0 Å². The van der Waals surface area contributed by atoms with Gasteiger partial charge < -0.3 is 10.4 Å². The second-order valence-electron chi connectivity index (χ2n) is 5.53. The van der Waals surface area contributed by atoms with Crippen molar-refractivity contribution in [2.75, 3.05) is 13.2 Å². The summed E-state index contributed by atoms with van der Waals surface area (Å²) in [6.07, 6.45) is 0.866. The average Bonchev–Trinajstić information content (AvgIpc) is 3.03. The van der Waals surface area contributed by atoms with Crippen LogP contribution in [0.25, 0.3) is 0 Å². The van der Waals surface area contributed by atoms with E-state index in [1.807, 2.05) is 42.5 Å². The minimum absolute atomic E-state index is 0.0502. The molecule has 1 aliphatic rings. The van der Waals surface area contributed by atoms with Gasteiger partial charge in [-0.2, -0.15) is 0 Å². The first-order valence-corrected chi connectivity index (χ1v) is 7.85. The van der Waals surface area contributed by atoms with Crippen molar-refractivity contribution >= 4 is 17.4 Å². The van der Waals surface area contributed by atoms with Crippen LogP contribution in [0.2, 0.25) is 5.02 Å². The number of nitrogens with one attached hydrogen (secondary N) is 1. The van der Waals surface area contributed by atoms with Gasteiger partial charge in [0.15, 0.2) is 0 Å². The molecule has 1 aliphatic heterocycles. The number of rotatable bonds is 4. The standard InChI is InChI=1S/C18H19ClN2O/c19-16-8-6-13(7-9-16)15-10-18(20-11-15)21-17(12-22)14-4-2-1-3-5-14/h1-9,15,17,22H,10-12H2,(H,20,21)/t15-,17-/m0/s1. The van der Waals surface area contributed by atoms with E-state index >= 15 is 0 Å². The van der Waals surface area contributed by atoms with E-state index in [0.29, 0.717) is 5.92 Å². The first-order chi connectivity index (χ1) is 10.8. The molecule has 3 rings (SSSR count). The van der Waals surface area contributed by atoms with Crippen LogP contribution < -0.4 is 5.32 Å². The Bertz CT molecular complexity index is 640. The van der Waals surface area contributed by atoms with Crippen LogP contribution in [0, 0.1) is 0 Å². The summed E-state index contributed by atoms with van der Waals surface area (Å²) in [5.74, 6) is 1.35. The van der Waals surface area contributed by atoms with Gasteiger partial charge in [0.1, 0.15) is 0 Å². The zero-order chi connectivity index (χ0) is 15.4. The zero-order valence-corrected chi connectivity index (χ0v) is 13.0. The smallest absolute Gasteiger partial charge is 0.0975 e. The summed E-state index contributed by atoms with van der Waals surface area (Å²) in [6, 6.07) is 17.8. The van der Waals surface area contributed by atoms with Crippen molar-refractivity contribution in [1.82, 2.24) is 5.32 Å². The van der Waals surface area contributed by atoms with Crippen LogP contribution >= 0.6 is 11.6 Å². The second kappa shape index (κ2) is 6.95. The first kappa shape index (κ1) is 15.1. The largest absolute Gasteiger partial charge is 0.394 e. The SMILES string of the molecule is OC[C@H](NC1=NC[C@@H](c2ccc(Cl)cc2)C1)c1ccccc1. The molecule has 0 spiro atoms. The Kier molecular flexibility index (Phi) is 4.76. The number of halogens is 1. The lowest BCUT2D eigenvalue weighted by Gasteiger charge is -2.18. The molecule has 1 heterocycles. The van der Waals surface area contributed by atoms with Gasteiger partial charge in [-0.05, 0) is 23.3 Å². The lowest BCUT2D eigenvalue weighted by atomic mass is 9.97. The summed E-state index contributed by atoms with van der Waals surface area (Å²) < 4.78 is 0. The maximum absolute atomic E-state index is 9.62. The Balaban J connectivity index is 1.63. The number of aliphatic hydroxyl groups is 1. The van der Waals surface area contributed by atoms with E-state index in [-0.39, 0.29) is 12.6 Å². The monoisotopic (exact) mass is 314 g/mol. The lowest BCUT2D eigenvalue weighted by Crippen LogP contribution is -2.29. The van der Waals surface area contributed by atoms with Crippen molar-refractivity contribution in [2.45, 2.75) is 18.4 Å². The lowest BCUT2D eigenvalue weighted by molar-refractivity contribution is 0.257. The van der Waals surface area contributed by atoms with Gasteiger partial charge in [-0.3, -0.25) is 4.99 Å². The second-order valence-corrected chi connectivity index (χ2v) is 5.97. The third kappa shape index (κ3) is 3.49. The highest BCUT2D eigenvalue weighted by atomic mass is 35.5. The van der Waals surface area contributed by atoms with E-state index < -0.39 is 0 Å². The van der Waals surface area contributed by atoms with E-state index in [0.717, 1.165) is 29.4 Å². The molecule has 2 aromatic carbocycles. The molecule has 2 atom stereocenters. The van der Waals surface area contributed by atoms with E-state index in [4.69, 9.17) is 11.6 Å². The van der Waals surface area contributed by atoms with Gasteiger partial charge in [0, 0.05) is 23.9 Å². The molecule has 0 amide bonds.